The molecule has 0 spiro atoms. The van der Waals surface area contributed by atoms with Crippen molar-refractivity contribution in [2.45, 2.75) is 89.8 Å². The number of halogens is 1. The van der Waals surface area contributed by atoms with E-state index in [1.165, 1.54) is 32.1 Å². The third-order valence-electron chi connectivity index (χ3n) is 7.55. The van der Waals surface area contributed by atoms with E-state index in [4.69, 9.17) is 16.3 Å². The van der Waals surface area contributed by atoms with Gasteiger partial charge in [0, 0.05) is 49.1 Å². The second-order valence-corrected chi connectivity index (χ2v) is 11.5. The van der Waals surface area contributed by atoms with Crippen LogP contribution < -0.4 is 16.0 Å². The van der Waals surface area contributed by atoms with Crippen molar-refractivity contribution in [2.75, 3.05) is 33.3 Å². The fraction of sp³-hybridized carbons (Fsp3) is 0.724. The summed E-state index contributed by atoms with van der Waals surface area (Å²) in [5.74, 6) is 0.820. The number of hydrogen-bond donors (Lipinski definition) is 3. The van der Waals surface area contributed by atoms with Crippen molar-refractivity contribution in [1.29, 1.82) is 0 Å². The van der Waals surface area contributed by atoms with Crippen LogP contribution >= 0.6 is 11.6 Å². The van der Waals surface area contributed by atoms with Gasteiger partial charge >= 0.3 is 6.03 Å². The highest BCUT2D eigenvalue weighted by Crippen LogP contribution is 2.34. The van der Waals surface area contributed by atoms with E-state index in [1.54, 1.807) is 0 Å². The number of likely N-dealkylation sites (N-methyl/N-ethyl adjacent to an activating group) is 1. The van der Waals surface area contributed by atoms with E-state index in [0.29, 0.717) is 30.5 Å². The number of piperidine rings is 1. The van der Waals surface area contributed by atoms with E-state index < -0.39 is 0 Å². The van der Waals surface area contributed by atoms with Gasteiger partial charge in [0.15, 0.2) is 0 Å². The Bertz CT molecular complexity index is 846. The van der Waals surface area contributed by atoms with E-state index in [1.807, 2.05) is 50.1 Å². The minimum absolute atomic E-state index is 0.0157. The zero-order valence-corrected chi connectivity index (χ0v) is 23.7. The lowest BCUT2D eigenvalue weighted by Crippen LogP contribution is -2.52. The molecule has 0 aromatic heterocycles. The quantitative estimate of drug-likeness (QED) is 0.340. The SMILES string of the molecule is CNC[C@H](CC1CCCCC1)NC(=O)N1CCC[C@@H]([C@@H](OCCC(=O)NC(C)C)c2cccc(Cl)c2)C1. The molecular formula is C29H47ClN4O3. The van der Waals surface area contributed by atoms with Crippen LogP contribution in [0.4, 0.5) is 4.79 Å². The molecule has 1 heterocycles. The first-order chi connectivity index (χ1) is 17.9. The molecule has 1 aromatic carbocycles. The van der Waals surface area contributed by atoms with Crippen LogP contribution in [0.2, 0.25) is 5.02 Å². The van der Waals surface area contributed by atoms with Crippen LogP contribution in [0.25, 0.3) is 0 Å². The Balaban J connectivity index is 1.63. The van der Waals surface area contributed by atoms with Gasteiger partial charge in [0.05, 0.1) is 12.7 Å². The molecule has 8 heteroatoms. The summed E-state index contributed by atoms with van der Waals surface area (Å²) in [5.41, 5.74) is 0.995. The summed E-state index contributed by atoms with van der Waals surface area (Å²) < 4.78 is 6.34. The monoisotopic (exact) mass is 534 g/mol. The van der Waals surface area contributed by atoms with Gasteiger partial charge in [-0.2, -0.15) is 0 Å². The van der Waals surface area contributed by atoms with E-state index >= 15 is 0 Å². The summed E-state index contributed by atoms with van der Waals surface area (Å²) in [5, 5.41) is 10.2. The van der Waals surface area contributed by atoms with Gasteiger partial charge in [0.2, 0.25) is 5.91 Å². The van der Waals surface area contributed by atoms with Crippen molar-refractivity contribution in [2.24, 2.45) is 11.8 Å². The molecule has 1 saturated carbocycles. The van der Waals surface area contributed by atoms with Crippen LogP contribution in [0, 0.1) is 11.8 Å². The molecule has 2 fully saturated rings. The number of benzene rings is 1. The maximum Gasteiger partial charge on any atom is 0.317 e. The minimum Gasteiger partial charge on any atom is -0.373 e. The topological polar surface area (TPSA) is 82.7 Å². The molecule has 0 unspecified atom stereocenters. The fourth-order valence-electron chi connectivity index (χ4n) is 5.83. The standard InChI is InChI=1S/C29H47ClN4O3/c1-21(2)32-27(35)14-16-37-28(23-11-7-13-25(30)18-23)24-12-8-15-34(20-24)29(36)33-26(19-31-3)17-22-9-5-4-6-10-22/h7,11,13,18,21-22,24,26,28,31H,4-6,8-10,12,14-17,19-20H2,1-3H3,(H,32,35)(H,33,36)/t24-,26+,28+/m1/s1. The van der Waals surface area contributed by atoms with E-state index in [9.17, 15) is 9.59 Å². The van der Waals surface area contributed by atoms with Gasteiger partial charge in [-0.25, -0.2) is 4.79 Å². The van der Waals surface area contributed by atoms with Gasteiger partial charge in [0.1, 0.15) is 0 Å². The fourth-order valence-corrected chi connectivity index (χ4v) is 6.03. The van der Waals surface area contributed by atoms with Crippen LogP contribution in [-0.4, -0.2) is 62.2 Å². The Kier molecular flexibility index (Phi) is 12.5. The lowest BCUT2D eigenvalue weighted by molar-refractivity contribution is -0.123. The number of amides is 3. The van der Waals surface area contributed by atoms with Gasteiger partial charge < -0.3 is 25.6 Å². The number of carbonyl (C=O) groups excluding carboxylic acids is 2. The normalized spacial score (nSPS) is 20.5. The molecular weight excluding hydrogens is 488 g/mol. The molecule has 37 heavy (non-hydrogen) atoms. The predicted molar refractivity (Wildman–Crippen MR) is 150 cm³/mol. The van der Waals surface area contributed by atoms with Crippen molar-refractivity contribution in [3.05, 3.63) is 34.9 Å². The van der Waals surface area contributed by atoms with Crippen molar-refractivity contribution < 1.29 is 14.3 Å². The zero-order valence-electron chi connectivity index (χ0n) is 22.9. The summed E-state index contributed by atoms with van der Waals surface area (Å²) in [7, 11) is 1.95. The van der Waals surface area contributed by atoms with Crippen LogP contribution in [0.15, 0.2) is 24.3 Å². The number of nitrogens with one attached hydrogen (secondary N) is 3. The predicted octanol–water partition coefficient (Wildman–Crippen LogP) is 5.29. The maximum absolute atomic E-state index is 13.4. The molecule has 3 rings (SSSR count). The second kappa shape index (κ2) is 15.6. The Labute approximate surface area is 228 Å². The third-order valence-corrected chi connectivity index (χ3v) is 7.78. The van der Waals surface area contributed by atoms with Gasteiger partial charge in [-0.1, -0.05) is 55.8 Å². The first-order valence-corrected chi connectivity index (χ1v) is 14.6. The van der Waals surface area contributed by atoms with Gasteiger partial charge in [-0.3, -0.25) is 4.79 Å². The molecule has 3 amide bonds. The smallest absolute Gasteiger partial charge is 0.317 e. The molecule has 2 aliphatic rings. The number of urea groups is 1. The lowest BCUT2D eigenvalue weighted by Gasteiger charge is -2.38. The van der Waals surface area contributed by atoms with Gasteiger partial charge in [-0.15, -0.1) is 0 Å². The van der Waals surface area contributed by atoms with Gasteiger partial charge in [0.25, 0.3) is 0 Å². The van der Waals surface area contributed by atoms with E-state index in [0.717, 1.165) is 37.9 Å². The zero-order chi connectivity index (χ0) is 26.6. The number of nitrogens with zero attached hydrogens (tertiary/aromatic N) is 1. The minimum atomic E-state index is -0.225. The number of carbonyl (C=O) groups is 2. The molecule has 3 atom stereocenters. The number of ether oxygens (including phenoxy) is 1. The number of hydrogen-bond acceptors (Lipinski definition) is 4. The van der Waals surface area contributed by atoms with Crippen molar-refractivity contribution in [3.63, 3.8) is 0 Å². The first-order valence-electron chi connectivity index (χ1n) is 14.2. The molecule has 0 bridgehead atoms. The number of rotatable bonds is 12. The second-order valence-electron chi connectivity index (χ2n) is 11.1. The Morgan fingerprint density at radius 2 is 1.89 bits per heavy atom. The van der Waals surface area contributed by atoms with Crippen LogP contribution in [0.3, 0.4) is 0 Å². The summed E-state index contributed by atoms with van der Waals surface area (Å²) in [6.07, 6.45) is 9.50. The Morgan fingerprint density at radius 1 is 1.11 bits per heavy atom. The average molecular weight is 535 g/mol. The summed E-state index contributed by atoms with van der Waals surface area (Å²) >= 11 is 6.32. The van der Waals surface area contributed by atoms with Crippen LogP contribution in [0.1, 0.15) is 83.3 Å². The van der Waals surface area contributed by atoms with Crippen LogP contribution in [-0.2, 0) is 9.53 Å². The molecule has 1 aliphatic heterocycles. The van der Waals surface area contributed by atoms with Crippen molar-refractivity contribution >= 4 is 23.5 Å². The Morgan fingerprint density at radius 3 is 2.59 bits per heavy atom. The molecule has 7 nitrogen and oxygen atoms in total. The summed E-state index contributed by atoms with van der Waals surface area (Å²) in [4.78, 5) is 27.5. The average Bonchev–Trinajstić information content (AvgIpc) is 2.87. The van der Waals surface area contributed by atoms with Crippen molar-refractivity contribution in [3.8, 4) is 0 Å². The first kappa shape index (κ1) is 29.7. The molecule has 208 valence electrons. The van der Waals surface area contributed by atoms with Crippen LogP contribution in [0.5, 0.6) is 0 Å². The largest absolute Gasteiger partial charge is 0.373 e. The summed E-state index contributed by atoms with van der Waals surface area (Å²) in [6.45, 7) is 6.38. The van der Waals surface area contributed by atoms with Gasteiger partial charge in [-0.05, 0) is 63.8 Å². The lowest BCUT2D eigenvalue weighted by atomic mass is 9.85. The molecule has 3 N–H and O–H groups in total. The van der Waals surface area contributed by atoms with E-state index in [-0.39, 0.29) is 36.0 Å². The molecule has 1 aliphatic carbocycles. The number of likely N-dealkylation sites (tertiary alicyclic amines) is 1. The van der Waals surface area contributed by atoms with E-state index in [2.05, 4.69) is 16.0 Å². The molecule has 1 saturated heterocycles. The molecule has 1 aromatic rings. The summed E-state index contributed by atoms with van der Waals surface area (Å²) in [6, 6.07) is 8.01. The Hall–Kier alpha value is -1.83. The molecule has 0 radical (unpaired) electrons. The van der Waals surface area contributed by atoms with Crippen molar-refractivity contribution in [1.82, 2.24) is 20.9 Å². The highest BCUT2D eigenvalue weighted by molar-refractivity contribution is 6.30. The highest BCUT2D eigenvalue weighted by Gasteiger charge is 2.32. The maximum atomic E-state index is 13.4. The highest BCUT2D eigenvalue weighted by atomic mass is 35.5. The third kappa shape index (κ3) is 10.1.